The fourth-order valence-corrected chi connectivity index (χ4v) is 3.57. The maximum Gasteiger partial charge on any atom is 0.326 e. The summed E-state index contributed by atoms with van der Waals surface area (Å²) in [4.78, 5) is 22.1. The Balaban J connectivity index is 2.05. The third kappa shape index (κ3) is 2.68. The first-order valence-electron chi connectivity index (χ1n) is 7.07. The second kappa shape index (κ2) is 5.90. The number of nitrogens with zero attached hydrogens (tertiary/aromatic N) is 4. The first-order chi connectivity index (χ1) is 10.2. The van der Waals surface area contributed by atoms with Crippen LogP contribution in [0.15, 0.2) is 12.4 Å². The van der Waals surface area contributed by atoms with Crippen molar-refractivity contribution in [1.29, 1.82) is 0 Å². The molecule has 1 saturated heterocycles. The third-order valence-corrected chi connectivity index (χ3v) is 4.68. The van der Waals surface area contributed by atoms with Gasteiger partial charge in [0.25, 0.3) is 0 Å². The molecule has 0 spiro atoms. The van der Waals surface area contributed by atoms with Crippen LogP contribution in [0.5, 0.6) is 0 Å². The van der Waals surface area contributed by atoms with Crippen LogP contribution >= 0.6 is 11.3 Å². The highest BCUT2D eigenvalue weighted by Gasteiger charge is 2.26. The molecule has 21 heavy (non-hydrogen) atoms. The van der Waals surface area contributed by atoms with E-state index in [1.54, 1.807) is 6.07 Å². The molecule has 0 bridgehead atoms. The zero-order valence-corrected chi connectivity index (χ0v) is 12.6. The van der Waals surface area contributed by atoms with Crippen LogP contribution in [-0.4, -0.2) is 40.6 Å². The second-order valence-electron chi connectivity index (χ2n) is 5.10. The average Bonchev–Trinajstić information content (AvgIpc) is 3.13. The van der Waals surface area contributed by atoms with E-state index in [0.717, 1.165) is 55.0 Å². The molecule has 7 nitrogen and oxygen atoms in total. The van der Waals surface area contributed by atoms with Crippen molar-refractivity contribution in [2.24, 2.45) is 0 Å². The molecule has 8 heteroatoms. The number of nitrogens with one attached hydrogen (secondary N) is 1. The number of nitro groups is 1. The second-order valence-corrected chi connectivity index (χ2v) is 6.11. The van der Waals surface area contributed by atoms with E-state index < -0.39 is 0 Å². The highest BCUT2D eigenvalue weighted by Crippen LogP contribution is 2.35. The van der Waals surface area contributed by atoms with Gasteiger partial charge in [0, 0.05) is 25.2 Å². The summed E-state index contributed by atoms with van der Waals surface area (Å²) >= 11 is 1.11. The molecule has 0 radical (unpaired) electrons. The maximum absolute atomic E-state index is 11.0. The Bertz CT molecular complexity index is 653. The van der Waals surface area contributed by atoms with Crippen LogP contribution in [0, 0.1) is 10.1 Å². The van der Waals surface area contributed by atoms with Crippen LogP contribution in [0.2, 0.25) is 0 Å². The molecule has 2 aromatic rings. The average molecular weight is 307 g/mol. The quantitative estimate of drug-likeness (QED) is 0.673. The van der Waals surface area contributed by atoms with Crippen LogP contribution in [0.4, 0.5) is 10.8 Å². The molecule has 3 heterocycles. The Morgan fingerprint density at radius 1 is 1.57 bits per heavy atom. The monoisotopic (exact) mass is 307 g/mol. The molecule has 2 aromatic heterocycles. The lowest BCUT2D eigenvalue weighted by Crippen LogP contribution is -2.38. The van der Waals surface area contributed by atoms with E-state index >= 15 is 0 Å². The standard InChI is InChI=1S/C13H17N5O2S/c1-2-5-17(9-3-4-14-7-9)12-10-6-11(18(19)20)21-13(10)16-8-15-12/h6,8-9,14H,2-5,7H2,1H3. The summed E-state index contributed by atoms with van der Waals surface area (Å²) in [5, 5.41) is 15.2. The van der Waals surface area contributed by atoms with Gasteiger partial charge in [-0.1, -0.05) is 6.92 Å². The molecule has 1 atom stereocenters. The fourth-order valence-electron chi connectivity index (χ4n) is 2.76. The summed E-state index contributed by atoms with van der Waals surface area (Å²) in [5.41, 5.74) is 0. The van der Waals surface area contributed by atoms with Crippen molar-refractivity contribution in [3.05, 3.63) is 22.5 Å². The number of hydrogen-bond acceptors (Lipinski definition) is 7. The topological polar surface area (TPSA) is 84.2 Å². The van der Waals surface area contributed by atoms with Gasteiger partial charge in [0.2, 0.25) is 0 Å². The van der Waals surface area contributed by atoms with Crippen molar-refractivity contribution in [2.45, 2.75) is 25.8 Å². The molecular weight excluding hydrogens is 290 g/mol. The molecule has 0 aliphatic carbocycles. The Morgan fingerprint density at radius 3 is 3.10 bits per heavy atom. The van der Waals surface area contributed by atoms with E-state index in [4.69, 9.17) is 0 Å². The number of thiophene rings is 1. The van der Waals surface area contributed by atoms with Gasteiger partial charge in [-0.3, -0.25) is 10.1 Å². The van der Waals surface area contributed by atoms with E-state index in [0.29, 0.717) is 10.9 Å². The number of hydrogen-bond donors (Lipinski definition) is 1. The molecule has 0 amide bonds. The summed E-state index contributed by atoms with van der Waals surface area (Å²) in [6.07, 6.45) is 3.58. The number of aromatic nitrogens is 2. The van der Waals surface area contributed by atoms with E-state index in [2.05, 4.69) is 27.1 Å². The van der Waals surface area contributed by atoms with Crippen molar-refractivity contribution < 1.29 is 4.92 Å². The highest BCUT2D eigenvalue weighted by molar-refractivity contribution is 7.21. The zero-order chi connectivity index (χ0) is 14.8. The molecule has 112 valence electrons. The molecule has 1 aliphatic rings. The lowest BCUT2D eigenvalue weighted by atomic mass is 10.2. The minimum atomic E-state index is -0.364. The highest BCUT2D eigenvalue weighted by atomic mass is 32.1. The zero-order valence-electron chi connectivity index (χ0n) is 11.8. The lowest BCUT2D eigenvalue weighted by Gasteiger charge is -2.29. The first-order valence-corrected chi connectivity index (χ1v) is 7.88. The van der Waals surface area contributed by atoms with Crippen molar-refractivity contribution >= 4 is 32.4 Å². The van der Waals surface area contributed by atoms with Gasteiger partial charge < -0.3 is 10.2 Å². The SMILES string of the molecule is CCCN(c1ncnc2sc([N+](=O)[O-])cc12)C1CCNC1. The van der Waals surface area contributed by atoms with Crippen molar-refractivity contribution in [3.8, 4) is 0 Å². The van der Waals surface area contributed by atoms with E-state index in [1.807, 2.05) is 0 Å². The third-order valence-electron chi connectivity index (χ3n) is 3.69. The molecule has 1 aliphatic heterocycles. The molecular formula is C13H17N5O2S. The molecule has 1 N–H and O–H groups in total. The molecule has 1 fully saturated rings. The Hall–Kier alpha value is -1.80. The minimum absolute atomic E-state index is 0.118. The van der Waals surface area contributed by atoms with Crippen LogP contribution in [0.3, 0.4) is 0 Å². The summed E-state index contributed by atoms with van der Waals surface area (Å²) in [7, 11) is 0. The van der Waals surface area contributed by atoms with Crippen molar-refractivity contribution in [3.63, 3.8) is 0 Å². The predicted octanol–water partition coefficient (Wildman–Crippen LogP) is 2.18. The smallest absolute Gasteiger partial charge is 0.326 e. The number of rotatable bonds is 5. The summed E-state index contributed by atoms with van der Waals surface area (Å²) < 4.78 is 0. The largest absolute Gasteiger partial charge is 0.352 e. The number of anilines is 1. The summed E-state index contributed by atoms with van der Waals surface area (Å²) in [6, 6.07) is 1.99. The Labute approximate surface area is 126 Å². The van der Waals surface area contributed by atoms with Crippen molar-refractivity contribution in [2.75, 3.05) is 24.5 Å². The van der Waals surface area contributed by atoms with Crippen LogP contribution in [-0.2, 0) is 0 Å². The van der Waals surface area contributed by atoms with E-state index in [-0.39, 0.29) is 9.92 Å². The summed E-state index contributed by atoms with van der Waals surface area (Å²) in [5.74, 6) is 0.819. The van der Waals surface area contributed by atoms with E-state index in [9.17, 15) is 10.1 Å². The summed E-state index contributed by atoms with van der Waals surface area (Å²) in [6.45, 7) is 4.95. The van der Waals surface area contributed by atoms with Gasteiger partial charge in [-0.05, 0) is 30.7 Å². The van der Waals surface area contributed by atoms with Crippen molar-refractivity contribution in [1.82, 2.24) is 15.3 Å². The van der Waals surface area contributed by atoms with Gasteiger partial charge in [-0.25, -0.2) is 9.97 Å². The van der Waals surface area contributed by atoms with Crippen LogP contribution in [0.1, 0.15) is 19.8 Å². The molecule has 1 unspecified atom stereocenters. The maximum atomic E-state index is 11.0. The van der Waals surface area contributed by atoms with Crippen LogP contribution < -0.4 is 10.2 Å². The Kier molecular flexibility index (Phi) is 3.98. The van der Waals surface area contributed by atoms with Gasteiger partial charge in [0.15, 0.2) is 0 Å². The minimum Gasteiger partial charge on any atom is -0.352 e. The first kappa shape index (κ1) is 14.2. The van der Waals surface area contributed by atoms with Gasteiger partial charge in [-0.15, -0.1) is 0 Å². The van der Waals surface area contributed by atoms with Gasteiger partial charge in [0.1, 0.15) is 17.0 Å². The predicted molar refractivity (Wildman–Crippen MR) is 83.0 cm³/mol. The van der Waals surface area contributed by atoms with Gasteiger partial charge in [-0.2, -0.15) is 0 Å². The number of fused-ring (bicyclic) bond motifs is 1. The Morgan fingerprint density at radius 2 is 2.43 bits per heavy atom. The van der Waals surface area contributed by atoms with Gasteiger partial charge in [0.05, 0.1) is 10.3 Å². The molecule has 3 rings (SSSR count). The van der Waals surface area contributed by atoms with Gasteiger partial charge >= 0.3 is 5.00 Å². The van der Waals surface area contributed by atoms with Crippen LogP contribution in [0.25, 0.3) is 10.2 Å². The molecule has 0 saturated carbocycles. The van der Waals surface area contributed by atoms with E-state index in [1.165, 1.54) is 6.33 Å². The normalized spacial score (nSPS) is 18.2. The lowest BCUT2D eigenvalue weighted by molar-refractivity contribution is -0.380. The fraction of sp³-hybridized carbons (Fsp3) is 0.538. The molecule has 0 aromatic carbocycles.